The first-order valence-electron chi connectivity index (χ1n) is 10.3. The number of carbonyl (C=O) groups excluding carboxylic acids is 2. The average Bonchev–Trinajstić information content (AvgIpc) is 3.52. The highest BCUT2D eigenvalue weighted by Crippen LogP contribution is 2.53. The maximum Gasteiger partial charge on any atom is 0.324 e. The van der Waals surface area contributed by atoms with Crippen LogP contribution in [0.3, 0.4) is 0 Å². The maximum absolute atomic E-state index is 14.2. The van der Waals surface area contributed by atoms with Crippen molar-refractivity contribution in [2.24, 2.45) is 5.73 Å². The molecule has 0 heterocycles. The van der Waals surface area contributed by atoms with Crippen LogP contribution >= 0.6 is 46.4 Å². The van der Waals surface area contributed by atoms with Gasteiger partial charge in [0.2, 0.25) is 0 Å². The molecular weight excluding hydrogens is 492 g/mol. The van der Waals surface area contributed by atoms with Crippen molar-refractivity contribution in [2.45, 2.75) is 30.7 Å². The number of nitrogens with one attached hydrogen (secondary N) is 1. The molecule has 2 amide bonds. The van der Waals surface area contributed by atoms with E-state index in [1.807, 2.05) is 0 Å². The number of quaternary nitrogens is 1. The van der Waals surface area contributed by atoms with Crippen molar-refractivity contribution in [1.29, 1.82) is 0 Å². The van der Waals surface area contributed by atoms with Crippen LogP contribution < -0.4 is 11.1 Å². The quantitative estimate of drug-likeness (QED) is 0.476. The number of nitrogens with zero attached hydrogens (tertiary/aromatic N) is 1. The first-order chi connectivity index (χ1) is 15.0. The molecule has 0 bridgehead atoms. The Morgan fingerprint density at radius 1 is 1.06 bits per heavy atom. The number of halogens is 4. The van der Waals surface area contributed by atoms with Gasteiger partial charge in [-0.25, -0.2) is 4.79 Å². The molecule has 1 fully saturated rings. The Bertz CT molecular complexity index is 1040. The van der Waals surface area contributed by atoms with E-state index in [4.69, 9.17) is 52.1 Å². The van der Waals surface area contributed by atoms with Crippen LogP contribution in [0.15, 0.2) is 36.4 Å². The van der Waals surface area contributed by atoms with Gasteiger partial charge in [0.05, 0.1) is 13.6 Å². The van der Waals surface area contributed by atoms with E-state index < -0.39 is 17.4 Å². The minimum absolute atomic E-state index is 0.0918. The highest BCUT2D eigenvalue weighted by atomic mass is 35.5. The van der Waals surface area contributed by atoms with E-state index >= 15 is 0 Å². The summed E-state index contributed by atoms with van der Waals surface area (Å²) in [6.07, 6.45) is 1.50. The number of primary amides is 1. The van der Waals surface area contributed by atoms with E-state index in [0.29, 0.717) is 51.6 Å². The third-order valence-electron chi connectivity index (χ3n) is 6.34. The number of benzene rings is 2. The third kappa shape index (κ3) is 4.93. The molecule has 0 aliphatic heterocycles. The molecule has 9 heteroatoms. The Morgan fingerprint density at radius 3 is 2.16 bits per heavy atom. The molecule has 0 radical (unpaired) electrons. The molecule has 0 aromatic heterocycles. The van der Waals surface area contributed by atoms with Gasteiger partial charge in [-0.15, -0.1) is 0 Å². The van der Waals surface area contributed by atoms with Crippen LogP contribution in [0, 0.1) is 0 Å². The zero-order valence-electron chi connectivity index (χ0n) is 17.9. The molecule has 2 atom stereocenters. The van der Waals surface area contributed by atoms with Gasteiger partial charge in [-0.1, -0.05) is 58.5 Å². The summed E-state index contributed by atoms with van der Waals surface area (Å²) in [5, 5.41) is 4.95. The van der Waals surface area contributed by atoms with Crippen LogP contribution in [-0.4, -0.2) is 49.5 Å². The second-order valence-electron chi connectivity index (χ2n) is 8.46. The Labute approximate surface area is 208 Å². The molecule has 1 aliphatic rings. The van der Waals surface area contributed by atoms with Crippen LogP contribution in [0.25, 0.3) is 0 Å². The number of hydrogen-bond donors (Lipinski definition) is 2. The second kappa shape index (κ2) is 9.88. The topological polar surface area (TPSA) is 72.2 Å². The van der Waals surface area contributed by atoms with Gasteiger partial charge in [-0.2, -0.15) is 0 Å². The van der Waals surface area contributed by atoms with Gasteiger partial charge in [0, 0.05) is 33.1 Å². The minimum atomic E-state index is -0.821. The SMILES string of the molecule is CNCC[N+](C)(C(=O)C1(c2ccc(Cl)cc2Cl)CC1)[C@@H](Cc1ccc(Cl)cc1Cl)C(N)=O. The summed E-state index contributed by atoms with van der Waals surface area (Å²) in [4.78, 5) is 26.9. The summed E-state index contributed by atoms with van der Waals surface area (Å²) in [7, 11) is 3.57. The molecule has 5 nitrogen and oxygen atoms in total. The van der Waals surface area contributed by atoms with E-state index in [2.05, 4.69) is 5.32 Å². The van der Waals surface area contributed by atoms with Crippen LogP contribution in [0.4, 0.5) is 0 Å². The number of likely N-dealkylation sites (N-methyl/N-ethyl adjacent to an activating group) is 2. The molecule has 172 valence electrons. The number of amides is 2. The van der Waals surface area contributed by atoms with Crippen LogP contribution in [-0.2, 0) is 21.4 Å². The Morgan fingerprint density at radius 2 is 1.66 bits per heavy atom. The van der Waals surface area contributed by atoms with E-state index in [-0.39, 0.29) is 16.8 Å². The number of carbonyl (C=O) groups is 2. The summed E-state index contributed by atoms with van der Waals surface area (Å²) in [5.41, 5.74) is 6.53. The lowest BCUT2D eigenvalue weighted by Crippen LogP contribution is -2.66. The van der Waals surface area contributed by atoms with E-state index in [0.717, 1.165) is 5.56 Å². The molecule has 1 unspecified atom stereocenters. The van der Waals surface area contributed by atoms with Gasteiger partial charge in [0.15, 0.2) is 6.04 Å². The Hall–Kier alpha value is -1.34. The fraction of sp³-hybridized carbons (Fsp3) is 0.391. The van der Waals surface area contributed by atoms with E-state index in [1.165, 1.54) is 0 Å². The van der Waals surface area contributed by atoms with Crippen molar-refractivity contribution in [1.82, 2.24) is 5.32 Å². The number of hydrogen-bond acceptors (Lipinski definition) is 3. The lowest BCUT2D eigenvalue weighted by molar-refractivity contribution is -0.851. The van der Waals surface area contributed by atoms with Gasteiger partial charge in [0.25, 0.3) is 5.91 Å². The highest BCUT2D eigenvalue weighted by molar-refractivity contribution is 6.35. The molecule has 0 spiro atoms. The van der Waals surface area contributed by atoms with Gasteiger partial charge in [-0.05, 0) is 55.3 Å². The predicted molar refractivity (Wildman–Crippen MR) is 131 cm³/mol. The normalized spacial score (nSPS) is 17.4. The molecule has 1 saturated carbocycles. The Kier molecular flexibility index (Phi) is 7.81. The standard InChI is InChI=1S/C23H25Cl4N3O2/c1-29-9-10-30(2,20(21(28)31)11-14-3-4-15(24)12-18(14)26)22(32)23(7-8-23)17-6-5-16(25)13-19(17)27/h3-6,12-13,20,29H,7-11H2,1-2H3,(H-,28,31)/p+1/t20-,30?/m0/s1. The third-order valence-corrected chi connectivity index (χ3v) is 7.48. The Balaban J connectivity index is 2.04. The molecule has 32 heavy (non-hydrogen) atoms. The molecule has 3 rings (SSSR count). The molecular formula is C23H26Cl4N3O2+. The first-order valence-corrected chi connectivity index (χ1v) is 11.8. The summed E-state index contributed by atoms with van der Waals surface area (Å²) >= 11 is 24.9. The monoisotopic (exact) mass is 516 g/mol. The van der Waals surface area contributed by atoms with Crippen LogP contribution in [0.2, 0.25) is 20.1 Å². The van der Waals surface area contributed by atoms with Crippen LogP contribution in [0.1, 0.15) is 24.0 Å². The fourth-order valence-electron chi connectivity index (χ4n) is 4.31. The lowest BCUT2D eigenvalue weighted by Gasteiger charge is -2.40. The zero-order chi connectivity index (χ0) is 23.7. The average molecular weight is 518 g/mol. The van der Waals surface area contributed by atoms with Crippen molar-refractivity contribution in [2.75, 3.05) is 27.2 Å². The second-order valence-corrected chi connectivity index (χ2v) is 10.2. The van der Waals surface area contributed by atoms with Crippen LogP contribution in [0.5, 0.6) is 0 Å². The van der Waals surface area contributed by atoms with E-state index in [1.54, 1.807) is 50.5 Å². The number of rotatable bonds is 9. The summed E-state index contributed by atoms with van der Waals surface area (Å²) in [5.74, 6) is -0.660. The van der Waals surface area contributed by atoms with Crippen molar-refractivity contribution in [3.8, 4) is 0 Å². The van der Waals surface area contributed by atoms with Gasteiger partial charge < -0.3 is 11.1 Å². The van der Waals surface area contributed by atoms with Crippen molar-refractivity contribution >= 4 is 58.2 Å². The predicted octanol–water partition coefficient (Wildman–Crippen LogP) is 4.62. The number of nitrogens with two attached hydrogens (primary N) is 1. The molecule has 1 aliphatic carbocycles. The van der Waals surface area contributed by atoms with E-state index in [9.17, 15) is 9.59 Å². The maximum atomic E-state index is 14.2. The smallest absolute Gasteiger partial charge is 0.324 e. The molecule has 2 aromatic carbocycles. The first kappa shape index (κ1) is 25.3. The van der Waals surface area contributed by atoms with Crippen molar-refractivity contribution < 1.29 is 14.1 Å². The lowest BCUT2D eigenvalue weighted by atomic mass is 9.90. The summed E-state index contributed by atoms with van der Waals surface area (Å²) < 4.78 is -0.173. The molecule has 3 N–H and O–H groups in total. The van der Waals surface area contributed by atoms with Gasteiger partial charge in [0.1, 0.15) is 5.41 Å². The van der Waals surface area contributed by atoms with Gasteiger partial charge in [-0.3, -0.25) is 9.28 Å². The minimum Gasteiger partial charge on any atom is -0.364 e. The largest absolute Gasteiger partial charge is 0.364 e. The van der Waals surface area contributed by atoms with Crippen molar-refractivity contribution in [3.05, 3.63) is 67.6 Å². The zero-order valence-corrected chi connectivity index (χ0v) is 21.0. The summed E-state index contributed by atoms with van der Waals surface area (Å²) in [6, 6.07) is 9.43. The highest BCUT2D eigenvalue weighted by Gasteiger charge is 2.62. The molecule has 0 saturated heterocycles. The molecule has 2 aromatic rings. The summed E-state index contributed by atoms with van der Waals surface area (Å²) in [6.45, 7) is 0.895. The fourth-order valence-corrected chi connectivity index (χ4v) is 5.39. The van der Waals surface area contributed by atoms with Gasteiger partial charge >= 0.3 is 5.91 Å². The van der Waals surface area contributed by atoms with Crippen molar-refractivity contribution in [3.63, 3.8) is 0 Å².